The summed E-state index contributed by atoms with van der Waals surface area (Å²) in [5, 5.41) is 0. The molecule has 5 nitrogen and oxygen atoms in total. The third-order valence-electron chi connectivity index (χ3n) is 6.41. The molecule has 3 aliphatic rings. The topological polar surface area (TPSA) is 49.9 Å². The number of fused-ring (bicyclic) bond motifs is 8. The summed E-state index contributed by atoms with van der Waals surface area (Å²) in [7, 11) is 3.66. The lowest BCUT2D eigenvalue weighted by Gasteiger charge is -2.37. The summed E-state index contributed by atoms with van der Waals surface area (Å²) in [4.78, 5) is 30.3. The number of benzene rings is 2. The van der Waals surface area contributed by atoms with Gasteiger partial charge in [-0.1, -0.05) is 31.2 Å². The molecule has 6 heteroatoms. The van der Waals surface area contributed by atoms with Crippen molar-refractivity contribution in [3.8, 4) is 5.75 Å². The largest absolute Gasteiger partial charge is 0.497 e. The Morgan fingerprint density at radius 1 is 1.07 bits per heavy atom. The molecule has 5 rings (SSSR count). The van der Waals surface area contributed by atoms with Gasteiger partial charge in [-0.15, -0.1) is 11.8 Å². The lowest BCUT2D eigenvalue weighted by molar-refractivity contribution is -0.124. The van der Waals surface area contributed by atoms with Crippen LogP contribution in [0.5, 0.6) is 5.75 Å². The molecule has 3 aliphatic heterocycles. The molecule has 0 unspecified atom stereocenters. The predicted molar refractivity (Wildman–Crippen MR) is 109 cm³/mol. The molecule has 0 aliphatic carbocycles. The molecule has 0 N–H and O–H groups in total. The van der Waals surface area contributed by atoms with Crippen molar-refractivity contribution in [2.24, 2.45) is 11.8 Å². The summed E-state index contributed by atoms with van der Waals surface area (Å²) < 4.78 is 5.21. The maximum Gasteiger partial charge on any atom is 0.240 e. The highest BCUT2D eigenvalue weighted by Crippen LogP contribution is 2.68. The van der Waals surface area contributed by atoms with E-state index in [2.05, 4.69) is 31.0 Å². The van der Waals surface area contributed by atoms with E-state index in [1.807, 2.05) is 12.1 Å². The molecule has 144 valence electrons. The van der Waals surface area contributed by atoms with Crippen molar-refractivity contribution in [1.29, 1.82) is 0 Å². The van der Waals surface area contributed by atoms with Gasteiger partial charge in [0.25, 0.3) is 0 Å². The first-order valence-electron chi connectivity index (χ1n) is 9.54. The summed E-state index contributed by atoms with van der Waals surface area (Å²) in [6.07, 6.45) is 0. The number of ether oxygens (including phenoxy) is 1. The molecule has 2 saturated heterocycles. The predicted octanol–water partition coefficient (Wildman–Crippen LogP) is 3.41. The molecule has 2 bridgehead atoms. The second kappa shape index (κ2) is 6.09. The van der Waals surface area contributed by atoms with Crippen molar-refractivity contribution in [3.05, 3.63) is 59.7 Å². The van der Waals surface area contributed by atoms with Gasteiger partial charge < -0.3 is 4.74 Å². The monoisotopic (exact) mass is 394 g/mol. The van der Waals surface area contributed by atoms with Gasteiger partial charge in [0.15, 0.2) is 0 Å². The number of imide groups is 1. The zero-order chi connectivity index (χ0) is 19.6. The summed E-state index contributed by atoms with van der Waals surface area (Å²) >= 11 is 1.77. The van der Waals surface area contributed by atoms with Gasteiger partial charge in [-0.25, -0.2) is 4.90 Å². The number of carbonyl (C=O) groups is 2. The number of rotatable bonds is 4. The maximum atomic E-state index is 13.6. The fourth-order valence-corrected chi connectivity index (χ4v) is 6.93. The first-order chi connectivity index (χ1) is 13.6. The Labute approximate surface area is 168 Å². The number of anilines is 1. The fourth-order valence-electron chi connectivity index (χ4n) is 5.40. The van der Waals surface area contributed by atoms with Crippen molar-refractivity contribution in [2.45, 2.75) is 17.8 Å². The van der Waals surface area contributed by atoms with Crippen LogP contribution in [0.4, 0.5) is 5.69 Å². The highest BCUT2D eigenvalue weighted by molar-refractivity contribution is 8.00. The number of carbonyl (C=O) groups excluding carboxylic acids is 2. The molecule has 0 spiro atoms. The molecular weight excluding hydrogens is 372 g/mol. The standard InChI is InChI=1S/C22H22N2O3S/c1-4-28-22-16-8-6-5-7-15(16)19(23(22)2)17-18(22)21(26)24(20(17)25)13-9-11-14(27-3)12-10-13/h5-12,17-19H,4H2,1-3H3/t17-,18+,19+,22-/m0/s1. The van der Waals surface area contributed by atoms with E-state index >= 15 is 0 Å². The van der Waals surface area contributed by atoms with Crippen LogP contribution in [0.15, 0.2) is 48.5 Å². The number of hydrogen-bond donors (Lipinski definition) is 0. The van der Waals surface area contributed by atoms with Gasteiger partial charge in [0.2, 0.25) is 11.8 Å². The first-order valence-corrected chi connectivity index (χ1v) is 10.5. The average Bonchev–Trinajstić information content (AvgIpc) is 3.23. The van der Waals surface area contributed by atoms with Crippen LogP contribution in [0.3, 0.4) is 0 Å². The Kier molecular flexibility index (Phi) is 3.87. The minimum atomic E-state index is -0.478. The molecule has 2 aromatic rings. The molecule has 0 saturated carbocycles. The second-order valence-electron chi connectivity index (χ2n) is 7.49. The Morgan fingerprint density at radius 3 is 2.46 bits per heavy atom. The number of amides is 2. The van der Waals surface area contributed by atoms with Crippen molar-refractivity contribution >= 4 is 29.3 Å². The van der Waals surface area contributed by atoms with E-state index in [0.29, 0.717) is 11.4 Å². The average molecular weight is 394 g/mol. The number of hydrogen-bond acceptors (Lipinski definition) is 5. The van der Waals surface area contributed by atoms with Gasteiger partial charge in [0.1, 0.15) is 10.6 Å². The maximum absolute atomic E-state index is 13.6. The van der Waals surface area contributed by atoms with E-state index < -0.39 is 4.87 Å². The minimum Gasteiger partial charge on any atom is -0.497 e. The van der Waals surface area contributed by atoms with E-state index in [1.54, 1.807) is 43.1 Å². The smallest absolute Gasteiger partial charge is 0.240 e. The van der Waals surface area contributed by atoms with Gasteiger partial charge in [-0.2, -0.15) is 0 Å². The van der Waals surface area contributed by atoms with E-state index in [4.69, 9.17) is 4.74 Å². The fraction of sp³-hybridized carbons (Fsp3) is 0.364. The van der Waals surface area contributed by atoms with E-state index in [1.165, 1.54) is 16.0 Å². The zero-order valence-electron chi connectivity index (χ0n) is 16.1. The Balaban J connectivity index is 1.64. The molecule has 0 radical (unpaired) electrons. The number of thioether (sulfide) groups is 1. The van der Waals surface area contributed by atoms with Crippen LogP contribution in [-0.4, -0.2) is 36.6 Å². The molecule has 0 aromatic heterocycles. The molecule has 28 heavy (non-hydrogen) atoms. The number of nitrogens with zero attached hydrogens (tertiary/aromatic N) is 2. The van der Waals surface area contributed by atoms with E-state index in [0.717, 1.165) is 5.75 Å². The zero-order valence-corrected chi connectivity index (χ0v) is 16.9. The Bertz CT molecular complexity index is 976. The van der Waals surface area contributed by atoms with Gasteiger partial charge in [0, 0.05) is 6.04 Å². The summed E-state index contributed by atoms with van der Waals surface area (Å²) in [6, 6.07) is 15.4. The van der Waals surface area contributed by atoms with Crippen LogP contribution in [-0.2, 0) is 14.5 Å². The lowest BCUT2D eigenvalue weighted by Crippen LogP contribution is -2.43. The third-order valence-corrected chi connectivity index (χ3v) is 7.91. The quantitative estimate of drug-likeness (QED) is 0.744. The third kappa shape index (κ3) is 1.97. The van der Waals surface area contributed by atoms with Crippen LogP contribution >= 0.6 is 11.8 Å². The summed E-state index contributed by atoms with van der Waals surface area (Å²) in [5.74, 6) is 0.687. The number of methoxy groups -OCH3 is 1. The van der Waals surface area contributed by atoms with E-state index in [9.17, 15) is 9.59 Å². The molecule has 2 aromatic carbocycles. The van der Waals surface area contributed by atoms with Crippen LogP contribution in [0.25, 0.3) is 0 Å². The molecule has 2 amide bonds. The van der Waals surface area contributed by atoms with E-state index in [-0.39, 0.29) is 29.7 Å². The van der Waals surface area contributed by atoms with Crippen LogP contribution in [0, 0.1) is 11.8 Å². The van der Waals surface area contributed by atoms with Crippen molar-refractivity contribution in [1.82, 2.24) is 4.90 Å². The van der Waals surface area contributed by atoms with Crippen LogP contribution < -0.4 is 9.64 Å². The van der Waals surface area contributed by atoms with Gasteiger partial charge in [0.05, 0.1) is 24.6 Å². The van der Waals surface area contributed by atoms with Crippen molar-refractivity contribution in [3.63, 3.8) is 0 Å². The summed E-state index contributed by atoms with van der Waals surface area (Å²) in [6.45, 7) is 2.11. The van der Waals surface area contributed by atoms with Crippen molar-refractivity contribution in [2.75, 3.05) is 24.8 Å². The van der Waals surface area contributed by atoms with Gasteiger partial charge in [-0.05, 0) is 48.2 Å². The molecule has 3 heterocycles. The lowest BCUT2D eigenvalue weighted by atomic mass is 9.77. The normalized spacial score (nSPS) is 30.7. The Morgan fingerprint density at radius 2 is 1.79 bits per heavy atom. The SMILES string of the molecule is CCS[C@@]12c3ccccc3[C@H]([C@H]3C(=O)N(c4ccc(OC)cc4)C(=O)[C@@H]31)N2C. The molecule has 2 fully saturated rings. The Hall–Kier alpha value is -2.31. The molecular formula is C22H22N2O3S. The second-order valence-corrected chi connectivity index (χ2v) is 8.97. The van der Waals surface area contributed by atoms with Gasteiger partial charge in [-0.3, -0.25) is 14.5 Å². The molecule has 4 atom stereocenters. The van der Waals surface area contributed by atoms with Crippen LogP contribution in [0.2, 0.25) is 0 Å². The highest BCUT2D eigenvalue weighted by Gasteiger charge is 2.73. The first kappa shape index (κ1) is 17.8. The highest BCUT2D eigenvalue weighted by atomic mass is 32.2. The van der Waals surface area contributed by atoms with Crippen molar-refractivity contribution < 1.29 is 14.3 Å². The minimum absolute atomic E-state index is 0.0556. The van der Waals surface area contributed by atoms with Gasteiger partial charge >= 0.3 is 0 Å². The summed E-state index contributed by atoms with van der Waals surface area (Å²) in [5.41, 5.74) is 2.99. The van der Waals surface area contributed by atoms with Crippen LogP contribution in [0.1, 0.15) is 24.1 Å².